The van der Waals surface area contributed by atoms with Gasteiger partial charge in [0.25, 0.3) is 5.88 Å². The number of aromatic hydroxyl groups is 1. The highest BCUT2D eigenvalue weighted by Crippen LogP contribution is 2.15. The van der Waals surface area contributed by atoms with Crippen molar-refractivity contribution in [1.82, 2.24) is 5.16 Å². The van der Waals surface area contributed by atoms with Crippen LogP contribution >= 0.6 is 0 Å². The van der Waals surface area contributed by atoms with Gasteiger partial charge in [0.2, 0.25) is 0 Å². The zero-order valence-corrected chi connectivity index (χ0v) is 8.90. The van der Waals surface area contributed by atoms with E-state index in [4.69, 9.17) is 26.8 Å². The number of aromatic nitrogens is 1. The smallest absolute Gasteiger partial charge is 0.328 e. The second-order valence-electron chi connectivity index (χ2n) is 3.03. The summed E-state index contributed by atoms with van der Waals surface area (Å²) in [7, 11) is 0. The van der Waals surface area contributed by atoms with E-state index in [1.54, 1.807) is 0 Å². The maximum Gasteiger partial charge on any atom is 0.328 e. The summed E-state index contributed by atoms with van der Waals surface area (Å²) in [6.07, 6.45) is 0. The molecule has 1 unspecified atom stereocenters. The average molecular weight is 247 g/mol. The highest BCUT2D eigenvalue weighted by Gasteiger charge is 2.19. The van der Waals surface area contributed by atoms with Gasteiger partial charge in [0.1, 0.15) is 6.04 Å². The lowest BCUT2D eigenvalue weighted by molar-refractivity contribution is -0.139. The number of rotatable bonds is 3. The van der Waals surface area contributed by atoms with Gasteiger partial charge >= 0.3 is 11.9 Å². The molecule has 0 aliphatic rings. The number of hydrogen-bond acceptors (Lipinski definition) is 7. The monoisotopic (exact) mass is 247 g/mol. The summed E-state index contributed by atoms with van der Waals surface area (Å²) in [6, 6.07) is -0.952. The van der Waals surface area contributed by atoms with Crippen molar-refractivity contribution in [3.8, 4) is 5.88 Å². The van der Waals surface area contributed by atoms with Crippen LogP contribution in [0.25, 0.3) is 0 Å². The Labute approximate surface area is 95.6 Å². The quantitative estimate of drug-likeness (QED) is 0.443. The molecule has 0 bridgehead atoms. The van der Waals surface area contributed by atoms with Crippen LogP contribution in [0, 0.1) is 0 Å². The minimum absolute atomic E-state index is 0.0741. The van der Waals surface area contributed by atoms with Crippen LogP contribution in [-0.4, -0.2) is 38.5 Å². The number of hydrogen-bond donors (Lipinski definition) is 5. The van der Waals surface area contributed by atoms with E-state index in [0.717, 1.165) is 6.07 Å². The van der Waals surface area contributed by atoms with E-state index < -0.39 is 24.0 Å². The Bertz CT molecular complexity index is 388. The van der Waals surface area contributed by atoms with Crippen LogP contribution in [-0.2, 0) is 9.59 Å². The van der Waals surface area contributed by atoms with Crippen molar-refractivity contribution in [3.63, 3.8) is 0 Å². The Morgan fingerprint density at radius 1 is 1.35 bits per heavy atom. The third-order valence-electron chi connectivity index (χ3n) is 1.48. The van der Waals surface area contributed by atoms with Crippen LogP contribution in [0.2, 0.25) is 0 Å². The molecular formula is C8H13N3O6. The lowest BCUT2D eigenvalue weighted by Gasteiger charge is -1.97. The molecule has 0 fully saturated rings. The summed E-state index contributed by atoms with van der Waals surface area (Å²) in [5.74, 6) is -2.65. The molecule has 1 aromatic heterocycles. The SMILES string of the molecule is C[C@H](N)C(=O)O.NC(C(=O)O)c1cc(O)no1. The van der Waals surface area contributed by atoms with Crippen LogP contribution in [0.3, 0.4) is 0 Å². The normalized spacial score (nSPS) is 13.1. The summed E-state index contributed by atoms with van der Waals surface area (Å²) in [5.41, 5.74) is 9.94. The predicted octanol–water partition coefficient (Wildman–Crippen LogP) is -1.12. The topological polar surface area (TPSA) is 173 Å². The van der Waals surface area contributed by atoms with Gasteiger partial charge in [0.15, 0.2) is 11.8 Å². The van der Waals surface area contributed by atoms with E-state index in [2.05, 4.69) is 9.68 Å². The molecule has 1 heterocycles. The molecule has 0 spiro atoms. The molecule has 0 aliphatic carbocycles. The fraction of sp³-hybridized carbons (Fsp3) is 0.375. The van der Waals surface area contributed by atoms with Crippen molar-refractivity contribution in [2.75, 3.05) is 0 Å². The number of nitrogens with zero attached hydrogens (tertiary/aromatic N) is 1. The third kappa shape index (κ3) is 5.49. The van der Waals surface area contributed by atoms with E-state index in [1.165, 1.54) is 6.92 Å². The molecule has 0 amide bonds. The Hall–Kier alpha value is -2.13. The van der Waals surface area contributed by atoms with Gasteiger partial charge < -0.3 is 31.3 Å². The van der Waals surface area contributed by atoms with Gasteiger partial charge in [-0.15, -0.1) is 0 Å². The first-order valence-electron chi connectivity index (χ1n) is 4.38. The zero-order valence-electron chi connectivity index (χ0n) is 8.90. The lowest BCUT2D eigenvalue weighted by Crippen LogP contribution is -2.25. The molecule has 17 heavy (non-hydrogen) atoms. The summed E-state index contributed by atoms with van der Waals surface area (Å²) >= 11 is 0. The molecule has 0 saturated heterocycles. The van der Waals surface area contributed by atoms with E-state index in [0.29, 0.717) is 0 Å². The second-order valence-corrected chi connectivity index (χ2v) is 3.03. The lowest BCUT2D eigenvalue weighted by atomic mass is 10.2. The highest BCUT2D eigenvalue weighted by molar-refractivity contribution is 5.74. The minimum atomic E-state index is -1.27. The van der Waals surface area contributed by atoms with Gasteiger partial charge in [-0.3, -0.25) is 9.59 Å². The van der Waals surface area contributed by atoms with Crippen molar-refractivity contribution in [1.29, 1.82) is 0 Å². The first kappa shape index (κ1) is 14.9. The molecule has 9 nitrogen and oxygen atoms in total. The first-order valence-corrected chi connectivity index (χ1v) is 4.38. The molecular weight excluding hydrogens is 234 g/mol. The molecule has 1 aromatic rings. The summed E-state index contributed by atoms with van der Waals surface area (Å²) in [4.78, 5) is 19.8. The fourth-order valence-corrected chi connectivity index (χ4v) is 0.548. The number of carboxylic acid groups (broad SMARTS) is 2. The van der Waals surface area contributed by atoms with Crippen LogP contribution in [0.5, 0.6) is 5.88 Å². The highest BCUT2D eigenvalue weighted by atomic mass is 16.5. The molecule has 9 heteroatoms. The largest absolute Gasteiger partial charge is 0.491 e. The van der Waals surface area contributed by atoms with E-state index in [9.17, 15) is 9.59 Å². The van der Waals surface area contributed by atoms with E-state index >= 15 is 0 Å². The van der Waals surface area contributed by atoms with Crippen LogP contribution in [0.15, 0.2) is 10.6 Å². The van der Waals surface area contributed by atoms with Crippen molar-refractivity contribution < 1.29 is 29.4 Å². The molecule has 0 saturated carbocycles. The van der Waals surface area contributed by atoms with Crippen molar-refractivity contribution >= 4 is 11.9 Å². The third-order valence-corrected chi connectivity index (χ3v) is 1.48. The maximum atomic E-state index is 10.2. The fourth-order valence-electron chi connectivity index (χ4n) is 0.548. The van der Waals surface area contributed by atoms with Crippen LogP contribution in [0.1, 0.15) is 18.7 Å². The number of carbonyl (C=O) groups is 2. The van der Waals surface area contributed by atoms with Gasteiger partial charge in [-0.2, -0.15) is 0 Å². The summed E-state index contributed by atoms with van der Waals surface area (Å²) < 4.78 is 4.38. The molecule has 1 rings (SSSR count). The van der Waals surface area contributed by atoms with Crippen molar-refractivity contribution in [3.05, 3.63) is 11.8 Å². The standard InChI is InChI=1S/C5H6N2O4.C3H7NO2/c6-4(5(9)10)2-1-3(8)7-11-2;1-2(4)3(5)6/h1,4H,6H2,(H,7,8)(H,9,10);2H,4H2,1H3,(H,5,6)/t;2-/m.0/s1. The summed E-state index contributed by atoms with van der Waals surface area (Å²) in [6.45, 7) is 1.42. The average Bonchev–Trinajstić information content (AvgIpc) is 2.64. The molecule has 0 aliphatic heterocycles. The van der Waals surface area contributed by atoms with Crippen LogP contribution < -0.4 is 11.5 Å². The zero-order chi connectivity index (χ0) is 13.6. The Kier molecular flexibility index (Phi) is 5.64. The van der Waals surface area contributed by atoms with E-state index in [-0.39, 0.29) is 11.6 Å². The number of nitrogens with two attached hydrogens (primary N) is 2. The number of carboxylic acids is 2. The van der Waals surface area contributed by atoms with Gasteiger partial charge in [-0.25, -0.2) is 0 Å². The van der Waals surface area contributed by atoms with Gasteiger partial charge in [-0.05, 0) is 12.1 Å². The second kappa shape index (κ2) is 6.45. The summed E-state index contributed by atoms with van der Waals surface area (Å²) in [5, 5.41) is 27.9. The molecule has 0 radical (unpaired) electrons. The molecule has 7 N–H and O–H groups in total. The van der Waals surface area contributed by atoms with Gasteiger partial charge in [-0.1, -0.05) is 0 Å². The van der Waals surface area contributed by atoms with Crippen molar-refractivity contribution in [2.24, 2.45) is 11.5 Å². The van der Waals surface area contributed by atoms with Gasteiger partial charge in [0.05, 0.1) is 0 Å². The Morgan fingerprint density at radius 2 is 1.82 bits per heavy atom. The first-order chi connectivity index (χ1) is 7.75. The van der Waals surface area contributed by atoms with E-state index in [1.807, 2.05) is 0 Å². The minimum Gasteiger partial charge on any atom is -0.491 e. The van der Waals surface area contributed by atoms with Crippen molar-refractivity contribution in [2.45, 2.75) is 19.0 Å². The number of aliphatic carboxylic acids is 2. The predicted molar refractivity (Wildman–Crippen MR) is 54.0 cm³/mol. The Morgan fingerprint density at radius 3 is 2.06 bits per heavy atom. The maximum absolute atomic E-state index is 10.2. The molecule has 2 atom stereocenters. The van der Waals surface area contributed by atoms with Gasteiger partial charge in [0, 0.05) is 6.07 Å². The molecule has 96 valence electrons. The Balaban J connectivity index is 0.000000366. The molecule has 0 aromatic carbocycles. The van der Waals surface area contributed by atoms with Crippen LogP contribution in [0.4, 0.5) is 0 Å².